The number of hydrogen-bond acceptors (Lipinski definition) is 4. The number of nitrogens with two attached hydrogens (primary N) is 1. The number of H-pyrrole nitrogens is 1. The molecular weight excluding hydrogens is 260 g/mol. The zero-order valence-electron chi connectivity index (χ0n) is 11.5. The van der Waals surface area contributed by atoms with E-state index in [1.54, 1.807) is 0 Å². The number of nitrogens with one attached hydrogen (secondary N) is 2. The fraction of sp³-hybridized carbons (Fsp3) is 0.692. The molecule has 0 radical (unpaired) electrons. The molecule has 1 aliphatic carbocycles. The number of carbonyl (C=O) groups is 1. The molecule has 19 heavy (non-hydrogen) atoms. The van der Waals surface area contributed by atoms with Crippen molar-refractivity contribution in [2.75, 3.05) is 12.0 Å². The number of rotatable bonds is 4. The Morgan fingerprint density at radius 1 is 1.58 bits per heavy atom. The smallest absolute Gasteiger partial charge is 0.274 e. The van der Waals surface area contributed by atoms with Crippen molar-refractivity contribution in [2.24, 2.45) is 0 Å². The van der Waals surface area contributed by atoms with E-state index in [1.807, 2.05) is 18.7 Å². The number of carbonyl (C=O) groups excluding carboxylic acids is 1. The lowest BCUT2D eigenvalue weighted by Crippen LogP contribution is -2.39. The molecule has 5 nitrogen and oxygen atoms in total. The Labute approximate surface area is 118 Å². The zero-order valence-corrected chi connectivity index (χ0v) is 12.3. The van der Waals surface area contributed by atoms with Crippen LogP contribution in [0.5, 0.6) is 0 Å². The topological polar surface area (TPSA) is 83.8 Å². The van der Waals surface area contributed by atoms with Gasteiger partial charge in [0.2, 0.25) is 0 Å². The van der Waals surface area contributed by atoms with Crippen LogP contribution in [0.15, 0.2) is 0 Å². The lowest BCUT2D eigenvalue weighted by molar-refractivity contribution is 0.0924. The van der Waals surface area contributed by atoms with E-state index in [4.69, 9.17) is 5.73 Å². The van der Waals surface area contributed by atoms with Crippen molar-refractivity contribution < 1.29 is 4.79 Å². The Balaban J connectivity index is 1.98. The Hall–Kier alpha value is -1.17. The van der Waals surface area contributed by atoms with E-state index in [1.165, 1.54) is 12.8 Å². The standard InChI is InChI=1S/C13H22N4OS/c1-3-10-11(14)12(17-16-10)13(18)15-8-5-4-6-9(7-8)19-2/h8-9H,3-7,14H2,1-2H3,(H,15,18)(H,16,17). The molecule has 0 aromatic carbocycles. The predicted molar refractivity (Wildman–Crippen MR) is 79.4 cm³/mol. The van der Waals surface area contributed by atoms with E-state index in [0.29, 0.717) is 16.6 Å². The second kappa shape index (κ2) is 6.32. The maximum absolute atomic E-state index is 12.2. The predicted octanol–water partition coefficient (Wildman–Crippen LogP) is 1.96. The van der Waals surface area contributed by atoms with Crippen LogP contribution < -0.4 is 11.1 Å². The number of aryl methyl sites for hydroxylation is 1. The molecule has 1 aromatic rings. The molecule has 1 amide bonds. The third kappa shape index (κ3) is 3.23. The monoisotopic (exact) mass is 282 g/mol. The highest BCUT2D eigenvalue weighted by Crippen LogP contribution is 2.27. The van der Waals surface area contributed by atoms with E-state index in [9.17, 15) is 4.79 Å². The SMILES string of the molecule is CCc1[nH]nc(C(=O)NC2CCCC(SC)C2)c1N. The first-order valence-electron chi connectivity index (χ1n) is 6.82. The van der Waals surface area contributed by atoms with Crippen molar-refractivity contribution in [3.63, 3.8) is 0 Å². The average Bonchev–Trinajstić information content (AvgIpc) is 2.80. The largest absolute Gasteiger partial charge is 0.395 e. The average molecular weight is 282 g/mol. The Morgan fingerprint density at radius 2 is 2.37 bits per heavy atom. The first-order chi connectivity index (χ1) is 9.15. The van der Waals surface area contributed by atoms with Crippen LogP contribution in [-0.2, 0) is 6.42 Å². The normalized spacial score (nSPS) is 23.3. The fourth-order valence-electron chi connectivity index (χ4n) is 2.57. The van der Waals surface area contributed by atoms with Crippen molar-refractivity contribution >= 4 is 23.4 Å². The van der Waals surface area contributed by atoms with Gasteiger partial charge in [-0.2, -0.15) is 16.9 Å². The maximum atomic E-state index is 12.2. The fourth-order valence-corrected chi connectivity index (χ4v) is 3.40. The minimum Gasteiger partial charge on any atom is -0.395 e. The van der Waals surface area contributed by atoms with Crippen molar-refractivity contribution in [3.8, 4) is 0 Å². The zero-order chi connectivity index (χ0) is 13.8. The quantitative estimate of drug-likeness (QED) is 0.788. The summed E-state index contributed by atoms with van der Waals surface area (Å²) in [5, 5.41) is 10.6. The lowest BCUT2D eigenvalue weighted by atomic mass is 9.95. The highest BCUT2D eigenvalue weighted by molar-refractivity contribution is 7.99. The number of thioether (sulfide) groups is 1. The van der Waals surface area contributed by atoms with Gasteiger partial charge in [-0.05, 0) is 31.9 Å². The first kappa shape index (κ1) is 14.2. The molecule has 1 fully saturated rings. The number of anilines is 1. The second-order valence-corrected chi connectivity index (χ2v) is 6.15. The Morgan fingerprint density at radius 3 is 3.00 bits per heavy atom. The molecule has 106 valence electrons. The summed E-state index contributed by atoms with van der Waals surface area (Å²) in [6.07, 6.45) is 7.40. The van der Waals surface area contributed by atoms with Gasteiger partial charge in [-0.3, -0.25) is 9.89 Å². The molecule has 1 heterocycles. The summed E-state index contributed by atoms with van der Waals surface area (Å²) in [5.74, 6) is -0.153. The molecule has 0 bridgehead atoms. The summed E-state index contributed by atoms with van der Waals surface area (Å²) in [6.45, 7) is 1.98. The molecule has 1 aromatic heterocycles. The van der Waals surface area contributed by atoms with Gasteiger partial charge in [-0.15, -0.1) is 0 Å². The van der Waals surface area contributed by atoms with E-state index < -0.39 is 0 Å². The number of aromatic nitrogens is 2. The first-order valence-corrected chi connectivity index (χ1v) is 8.10. The molecule has 4 N–H and O–H groups in total. The van der Waals surface area contributed by atoms with E-state index in [0.717, 1.165) is 25.0 Å². The molecule has 0 saturated heterocycles. The number of nitrogens with zero attached hydrogens (tertiary/aromatic N) is 1. The Bertz CT molecular complexity index is 446. The molecule has 6 heteroatoms. The van der Waals surface area contributed by atoms with Crippen molar-refractivity contribution in [2.45, 2.75) is 50.3 Å². The third-order valence-electron chi connectivity index (χ3n) is 3.75. The molecule has 2 atom stereocenters. The molecule has 1 saturated carbocycles. The number of amides is 1. The van der Waals surface area contributed by atoms with Gasteiger partial charge in [0, 0.05) is 11.3 Å². The maximum Gasteiger partial charge on any atom is 0.274 e. The molecular formula is C13H22N4OS. The number of nitrogen functional groups attached to an aromatic ring is 1. The van der Waals surface area contributed by atoms with Gasteiger partial charge in [-0.1, -0.05) is 13.3 Å². The minimum atomic E-state index is -0.153. The van der Waals surface area contributed by atoms with E-state index >= 15 is 0 Å². The third-order valence-corrected chi connectivity index (χ3v) is 4.84. The van der Waals surface area contributed by atoms with Gasteiger partial charge in [0.1, 0.15) is 0 Å². The van der Waals surface area contributed by atoms with Crippen LogP contribution >= 0.6 is 11.8 Å². The summed E-state index contributed by atoms with van der Waals surface area (Å²) in [6, 6.07) is 0.250. The van der Waals surface area contributed by atoms with Gasteiger partial charge >= 0.3 is 0 Å². The van der Waals surface area contributed by atoms with Crippen LogP contribution in [0.4, 0.5) is 5.69 Å². The van der Waals surface area contributed by atoms with Gasteiger partial charge < -0.3 is 11.1 Å². The number of aromatic amines is 1. The highest BCUT2D eigenvalue weighted by Gasteiger charge is 2.25. The summed E-state index contributed by atoms with van der Waals surface area (Å²) >= 11 is 1.89. The number of hydrogen-bond donors (Lipinski definition) is 3. The second-order valence-electron chi connectivity index (χ2n) is 5.01. The van der Waals surface area contributed by atoms with Crippen LogP contribution in [0.3, 0.4) is 0 Å². The Kier molecular flexibility index (Phi) is 4.74. The summed E-state index contributed by atoms with van der Waals surface area (Å²) in [7, 11) is 0. The van der Waals surface area contributed by atoms with Crippen LogP contribution in [0.1, 0.15) is 48.8 Å². The summed E-state index contributed by atoms with van der Waals surface area (Å²) < 4.78 is 0. The van der Waals surface area contributed by atoms with Gasteiger partial charge in [0.15, 0.2) is 5.69 Å². The van der Waals surface area contributed by atoms with Crippen molar-refractivity contribution in [3.05, 3.63) is 11.4 Å². The highest BCUT2D eigenvalue weighted by atomic mass is 32.2. The van der Waals surface area contributed by atoms with E-state index in [-0.39, 0.29) is 11.9 Å². The van der Waals surface area contributed by atoms with Gasteiger partial charge in [0.25, 0.3) is 5.91 Å². The lowest BCUT2D eigenvalue weighted by Gasteiger charge is -2.28. The van der Waals surface area contributed by atoms with Crippen molar-refractivity contribution in [1.82, 2.24) is 15.5 Å². The summed E-state index contributed by atoms with van der Waals surface area (Å²) in [5.41, 5.74) is 7.56. The van der Waals surface area contributed by atoms with Crippen LogP contribution in [0.2, 0.25) is 0 Å². The van der Waals surface area contributed by atoms with Gasteiger partial charge in [-0.25, -0.2) is 0 Å². The molecule has 1 aliphatic rings. The molecule has 2 rings (SSSR count). The van der Waals surface area contributed by atoms with E-state index in [2.05, 4.69) is 21.8 Å². The minimum absolute atomic E-state index is 0.153. The van der Waals surface area contributed by atoms with Crippen LogP contribution in [0.25, 0.3) is 0 Å². The van der Waals surface area contributed by atoms with Crippen LogP contribution in [-0.4, -0.2) is 33.7 Å². The molecule has 2 unspecified atom stereocenters. The van der Waals surface area contributed by atoms with Gasteiger partial charge in [0.05, 0.1) is 11.4 Å². The summed E-state index contributed by atoms with van der Waals surface area (Å²) in [4.78, 5) is 12.2. The molecule has 0 aliphatic heterocycles. The van der Waals surface area contributed by atoms with Crippen LogP contribution in [0, 0.1) is 0 Å². The van der Waals surface area contributed by atoms with Crippen molar-refractivity contribution in [1.29, 1.82) is 0 Å². The molecule has 0 spiro atoms.